The standard InChI is InChI=1S/C23H28N2O3/c1-16-13-19-21(28-16)14-20(22(26)24-9-11-27-12-10-24)25(19)15-17-5-7-18(8-6-17)23(2,3)4/h5-8,13-14H,9-12,15H2,1-4H3. The molecular formula is C23H28N2O3. The van der Waals surface area contributed by atoms with Gasteiger partial charge in [-0.25, -0.2) is 0 Å². The number of aryl methyl sites for hydroxylation is 1. The molecule has 5 heteroatoms. The highest BCUT2D eigenvalue weighted by atomic mass is 16.5. The smallest absolute Gasteiger partial charge is 0.270 e. The van der Waals surface area contributed by atoms with E-state index >= 15 is 0 Å². The summed E-state index contributed by atoms with van der Waals surface area (Å²) < 4.78 is 13.3. The number of carbonyl (C=O) groups is 1. The van der Waals surface area contributed by atoms with Gasteiger partial charge in [-0.3, -0.25) is 4.79 Å². The molecule has 0 saturated carbocycles. The van der Waals surface area contributed by atoms with Gasteiger partial charge in [0.15, 0.2) is 5.58 Å². The normalized spacial score (nSPS) is 15.4. The molecule has 148 valence electrons. The maximum absolute atomic E-state index is 13.2. The summed E-state index contributed by atoms with van der Waals surface area (Å²) in [6.07, 6.45) is 0. The average Bonchev–Trinajstić information content (AvgIpc) is 3.18. The monoisotopic (exact) mass is 380 g/mol. The van der Waals surface area contributed by atoms with Crippen molar-refractivity contribution in [2.45, 2.75) is 39.7 Å². The van der Waals surface area contributed by atoms with Crippen molar-refractivity contribution in [3.63, 3.8) is 0 Å². The highest BCUT2D eigenvalue weighted by molar-refractivity contribution is 5.97. The fraction of sp³-hybridized carbons (Fsp3) is 0.435. The molecule has 1 fully saturated rings. The van der Waals surface area contributed by atoms with Crippen molar-refractivity contribution in [1.29, 1.82) is 0 Å². The van der Waals surface area contributed by atoms with Gasteiger partial charge in [0.1, 0.15) is 11.5 Å². The SMILES string of the molecule is Cc1cc2c(cc(C(=O)N3CCOCC3)n2Cc2ccc(C(C)(C)C)cc2)o1. The van der Waals surface area contributed by atoms with Gasteiger partial charge in [0.05, 0.1) is 18.7 Å². The van der Waals surface area contributed by atoms with E-state index in [4.69, 9.17) is 9.15 Å². The van der Waals surface area contributed by atoms with Crippen molar-refractivity contribution in [2.24, 2.45) is 0 Å². The number of hydrogen-bond donors (Lipinski definition) is 0. The lowest BCUT2D eigenvalue weighted by Gasteiger charge is -2.27. The second-order valence-corrected chi connectivity index (χ2v) is 8.57. The first-order valence-electron chi connectivity index (χ1n) is 9.89. The van der Waals surface area contributed by atoms with Gasteiger partial charge < -0.3 is 18.6 Å². The molecule has 0 aliphatic carbocycles. The summed E-state index contributed by atoms with van der Waals surface area (Å²) in [4.78, 5) is 15.0. The Morgan fingerprint density at radius 1 is 1.07 bits per heavy atom. The van der Waals surface area contributed by atoms with Crippen LogP contribution in [0.5, 0.6) is 0 Å². The summed E-state index contributed by atoms with van der Waals surface area (Å²) in [5.41, 5.74) is 5.00. The van der Waals surface area contributed by atoms with Crippen molar-refractivity contribution >= 4 is 17.0 Å². The third-order valence-corrected chi connectivity index (χ3v) is 5.39. The van der Waals surface area contributed by atoms with Crippen molar-refractivity contribution in [3.05, 3.63) is 59.0 Å². The fourth-order valence-electron chi connectivity index (χ4n) is 3.73. The lowest BCUT2D eigenvalue weighted by molar-refractivity contribution is 0.0296. The minimum absolute atomic E-state index is 0.0404. The van der Waals surface area contributed by atoms with E-state index in [0.717, 1.165) is 16.9 Å². The summed E-state index contributed by atoms with van der Waals surface area (Å²) in [5, 5.41) is 0. The van der Waals surface area contributed by atoms with Crippen LogP contribution in [0, 0.1) is 6.92 Å². The molecule has 5 nitrogen and oxygen atoms in total. The molecule has 0 spiro atoms. The topological polar surface area (TPSA) is 47.6 Å². The van der Waals surface area contributed by atoms with Gasteiger partial charge >= 0.3 is 0 Å². The van der Waals surface area contributed by atoms with Crippen molar-refractivity contribution < 1.29 is 13.9 Å². The number of nitrogens with zero attached hydrogens (tertiary/aromatic N) is 2. The summed E-state index contributed by atoms with van der Waals surface area (Å²) in [6, 6.07) is 12.6. The number of hydrogen-bond acceptors (Lipinski definition) is 3. The largest absolute Gasteiger partial charge is 0.460 e. The zero-order valence-electron chi connectivity index (χ0n) is 17.1. The molecule has 1 aliphatic heterocycles. The second kappa shape index (κ2) is 7.13. The van der Waals surface area contributed by atoms with E-state index in [1.54, 1.807) is 0 Å². The first-order chi connectivity index (χ1) is 13.3. The highest BCUT2D eigenvalue weighted by Gasteiger charge is 2.24. The maximum Gasteiger partial charge on any atom is 0.270 e. The third kappa shape index (κ3) is 3.59. The molecule has 4 rings (SSSR count). The quantitative estimate of drug-likeness (QED) is 0.678. The number of aromatic nitrogens is 1. The van der Waals surface area contributed by atoms with Crippen LogP contribution < -0.4 is 0 Å². The minimum atomic E-state index is 0.0404. The Balaban J connectivity index is 1.69. The summed E-state index contributed by atoms with van der Waals surface area (Å²) in [5.74, 6) is 0.894. The zero-order valence-corrected chi connectivity index (χ0v) is 17.1. The van der Waals surface area contributed by atoms with Crippen LogP contribution in [0.3, 0.4) is 0 Å². The molecule has 1 aromatic carbocycles. The van der Waals surface area contributed by atoms with E-state index < -0.39 is 0 Å². The van der Waals surface area contributed by atoms with Crippen molar-refractivity contribution in [3.8, 4) is 0 Å². The number of morpholine rings is 1. The van der Waals surface area contributed by atoms with E-state index in [2.05, 4.69) is 49.6 Å². The summed E-state index contributed by atoms with van der Waals surface area (Å²) in [6.45, 7) is 11.7. The number of carbonyl (C=O) groups excluding carboxylic acids is 1. The van der Waals surface area contributed by atoms with Crippen LogP contribution in [0.4, 0.5) is 0 Å². The van der Waals surface area contributed by atoms with E-state index in [-0.39, 0.29) is 11.3 Å². The zero-order chi connectivity index (χ0) is 19.9. The van der Waals surface area contributed by atoms with Crippen molar-refractivity contribution in [1.82, 2.24) is 9.47 Å². The minimum Gasteiger partial charge on any atom is -0.460 e. The molecule has 0 N–H and O–H groups in total. The molecule has 3 heterocycles. The van der Waals surface area contributed by atoms with Crippen LogP contribution in [0.1, 0.15) is 48.1 Å². The lowest BCUT2D eigenvalue weighted by atomic mass is 9.87. The molecular weight excluding hydrogens is 352 g/mol. The van der Waals surface area contributed by atoms with Crippen LogP contribution in [-0.2, 0) is 16.7 Å². The molecule has 0 radical (unpaired) electrons. The number of furan rings is 1. The highest BCUT2D eigenvalue weighted by Crippen LogP contribution is 2.27. The fourth-order valence-corrected chi connectivity index (χ4v) is 3.73. The Labute approximate surface area is 165 Å². The Morgan fingerprint density at radius 2 is 1.75 bits per heavy atom. The van der Waals surface area contributed by atoms with Crippen LogP contribution in [0.15, 0.2) is 40.8 Å². The van der Waals surface area contributed by atoms with Crippen molar-refractivity contribution in [2.75, 3.05) is 26.3 Å². The number of fused-ring (bicyclic) bond motifs is 1. The van der Waals surface area contributed by atoms with Gasteiger partial charge in [0, 0.05) is 31.8 Å². The van der Waals surface area contributed by atoms with Crippen LogP contribution in [-0.4, -0.2) is 41.7 Å². The Bertz CT molecular complexity index is 983. The van der Waals surface area contributed by atoms with Gasteiger partial charge in [-0.05, 0) is 23.5 Å². The summed E-state index contributed by atoms with van der Waals surface area (Å²) >= 11 is 0. The Morgan fingerprint density at radius 3 is 2.39 bits per heavy atom. The van der Waals surface area contributed by atoms with E-state index in [1.807, 2.05) is 24.0 Å². The van der Waals surface area contributed by atoms with Crippen LogP contribution >= 0.6 is 0 Å². The molecule has 28 heavy (non-hydrogen) atoms. The molecule has 1 saturated heterocycles. The van der Waals surface area contributed by atoms with E-state index in [1.165, 1.54) is 11.1 Å². The maximum atomic E-state index is 13.2. The van der Waals surface area contributed by atoms with E-state index in [0.29, 0.717) is 38.5 Å². The molecule has 0 atom stereocenters. The predicted octanol–water partition coefficient (Wildman–Crippen LogP) is 4.36. The molecule has 1 amide bonds. The van der Waals surface area contributed by atoms with Gasteiger partial charge in [0.25, 0.3) is 5.91 Å². The lowest BCUT2D eigenvalue weighted by Crippen LogP contribution is -2.41. The Kier molecular flexibility index (Phi) is 4.79. The molecule has 3 aromatic rings. The number of benzene rings is 1. The molecule has 0 unspecified atom stereocenters. The first kappa shape index (κ1) is 18.8. The summed E-state index contributed by atoms with van der Waals surface area (Å²) in [7, 11) is 0. The third-order valence-electron chi connectivity index (χ3n) is 5.39. The predicted molar refractivity (Wildman–Crippen MR) is 110 cm³/mol. The van der Waals surface area contributed by atoms with Crippen LogP contribution in [0.25, 0.3) is 11.1 Å². The molecule has 0 bridgehead atoms. The van der Waals surface area contributed by atoms with Gasteiger partial charge in [-0.1, -0.05) is 45.0 Å². The van der Waals surface area contributed by atoms with E-state index in [9.17, 15) is 4.79 Å². The second-order valence-electron chi connectivity index (χ2n) is 8.57. The van der Waals surface area contributed by atoms with Crippen LogP contribution in [0.2, 0.25) is 0 Å². The number of rotatable bonds is 3. The van der Waals surface area contributed by atoms with Gasteiger partial charge in [0.2, 0.25) is 0 Å². The number of ether oxygens (including phenoxy) is 1. The Hall–Kier alpha value is -2.53. The molecule has 1 aliphatic rings. The number of amides is 1. The first-order valence-corrected chi connectivity index (χ1v) is 9.89. The molecule has 2 aromatic heterocycles. The van der Waals surface area contributed by atoms with Gasteiger partial charge in [-0.15, -0.1) is 0 Å². The van der Waals surface area contributed by atoms with Gasteiger partial charge in [-0.2, -0.15) is 0 Å². The average molecular weight is 380 g/mol.